The molecule has 0 atom stereocenters. The first-order chi connectivity index (χ1) is 23.3. The molecule has 7 heteroatoms. The topological polar surface area (TPSA) is 84.1 Å². The molecule has 2 aliphatic heterocycles. The van der Waals surface area contributed by atoms with Crippen LogP contribution in [0.2, 0.25) is 0 Å². The van der Waals surface area contributed by atoms with Gasteiger partial charge in [0, 0.05) is 53.9 Å². The number of anilines is 3. The van der Waals surface area contributed by atoms with Crippen LogP contribution in [0.25, 0.3) is 0 Å². The summed E-state index contributed by atoms with van der Waals surface area (Å²) < 4.78 is 2.09. The van der Waals surface area contributed by atoms with Crippen molar-refractivity contribution in [1.82, 2.24) is 0 Å². The van der Waals surface area contributed by atoms with Gasteiger partial charge in [-0.05, 0) is 78.1 Å². The fourth-order valence-electron chi connectivity index (χ4n) is 6.87. The molecule has 0 spiro atoms. The highest BCUT2D eigenvalue weighted by Gasteiger charge is 2.29. The number of likely N-dealkylation sites (N-methyl/N-ethyl adjacent to an activating group) is 1. The summed E-state index contributed by atoms with van der Waals surface area (Å²) in [6, 6.07) is 31.5. The molecule has 7 rings (SSSR count). The van der Waals surface area contributed by atoms with Crippen LogP contribution in [0.1, 0.15) is 44.7 Å². The first kappa shape index (κ1) is 30.7. The molecular weight excluding hydrogens is 598 g/mol. The number of aromatic carboxylic acids is 2. The van der Waals surface area contributed by atoms with E-state index in [0.717, 1.165) is 76.7 Å². The molecule has 238 valence electrons. The number of carbonyl (C=O) groups is 2. The highest BCUT2D eigenvalue weighted by atomic mass is 16.4. The van der Waals surface area contributed by atoms with Crippen LogP contribution in [0.3, 0.4) is 0 Å². The number of hydrogen-bond acceptors (Lipinski definition) is 4. The lowest BCUT2D eigenvalue weighted by molar-refractivity contribution is -0.400. The maximum absolute atomic E-state index is 11.6. The average Bonchev–Trinajstić information content (AvgIpc) is 3.75. The molecule has 7 nitrogen and oxygen atoms in total. The number of fused-ring (bicyclic) bond motifs is 2. The van der Waals surface area contributed by atoms with Crippen molar-refractivity contribution in [3.63, 3.8) is 0 Å². The minimum Gasteiger partial charge on any atom is -0.478 e. The Bertz CT molecular complexity index is 2070. The van der Waals surface area contributed by atoms with Gasteiger partial charge in [0.05, 0.1) is 23.2 Å². The highest BCUT2D eigenvalue weighted by molar-refractivity contribution is 5.98. The van der Waals surface area contributed by atoms with Crippen molar-refractivity contribution in [1.29, 1.82) is 0 Å². The van der Waals surface area contributed by atoms with Crippen LogP contribution >= 0.6 is 0 Å². The van der Waals surface area contributed by atoms with Crippen molar-refractivity contribution < 1.29 is 24.4 Å². The summed E-state index contributed by atoms with van der Waals surface area (Å²) in [6.07, 6.45) is 12.0. The summed E-state index contributed by atoms with van der Waals surface area (Å²) in [7, 11) is 3.99. The Balaban J connectivity index is 1.31. The standard InChI is InChI=1S/C41H35N3O4/c1-42-35(23-29-15-17-31(40(45)46)25-37(29)42)21-19-27-13-14-28(20-22-36-24-30-16-18-32(41(47)48)26-38(30)43(36)2)39(27)44(33-9-5-3-6-10-33)34-11-7-4-8-12-34/h3-12,15-22,25-26H,13-14,23-24H2,1-2H3,(H-,45,46,47,48)/p+1. The van der Waals surface area contributed by atoms with Crippen LogP contribution in [0, 0.1) is 0 Å². The second-order valence-electron chi connectivity index (χ2n) is 12.3. The zero-order chi connectivity index (χ0) is 33.4. The molecule has 0 saturated heterocycles. The van der Waals surface area contributed by atoms with E-state index in [2.05, 4.69) is 87.2 Å². The van der Waals surface area contributed by atoms with E-state index in [9.17, 15) is 19.8 Å². The van der Waals surface area contributed by atoms with E-state index in [1.54, 1.807) is 24.3 Å². The second kappa shape index (κ2) is 12.7. The lowest BCUT2D eigenvalue weighted by atomic mass is 10.1. The Kier molecular flexibility index (Phi) is 8.11. The molecule has 4 aromatic rings. The summed E-state index contributed by atoms with van der Waals surface area (Å²) in [5, 5.41) is 19.1. The Morgan fingerprint density at radius 1 is 0.750 bits per heavy atom. The number of carboxylic acid groups (broad SMARTS) is 2. The van der Waals surface area contributed by atoms with Crippen LogP contribution in [0.15, 0.2) is 144 Å². The van der Waals surface area contributed by atoms with Gasteiger partial charge in [-0.1, -0.05) is 60.7 Å². The lowest BCUT2D eigenvalue weighted by Gasteiger charge is -2.28. The molecule has 48 heavy (non-hydrogen) atoms. The summed E-state index contributed by atoms with van der Waals surface area (Å²) in [4.78, 5) is 27.7. The average molecular weight is 635 g/mol. The minimum atomic E-state index is -0.926. The molecule has 2 heterocycles. The van der Waals surface area contributed by atoms with E-state index >= 15 is 0 Å². The number of hydrogen-bond donors (Lipinski definition) is 2. The van der Waals surface area contributed by atoms with E-state index in [0.29, 0.717) is 0 Å². The van der Waals surface area contributed by atoms with Crippen molar-refractivity contribution in [2.75, 3.05) is 23.9 Å². The van der Waals surface area contributed by atoms with Gasteiger partial charge >= 0.3 is 11.9 Å². The Hall–Kier alpha value is -5.95. The first-order valence-corrected chi connectivity index (χ1v) is 16.1. The van der Waals surface area contributed by atoms with E-state index < -0.39 is 11.9 Å². The third kappa shape index (κ3) is 5.75. The maximum atomic E-state index is 11.6. The van der Waals surface area contributed by atoms with Crippen LogP contribution < -0.4 is 9.80 Å². The highest BCUT2D eigenvalue weighted by Crippen LogP contribution is 2.42. The Labute approximate surface area is 280 Å². The number of para-hydroxylation sites is 2. The van der Waals surface area contributed by atoms with Gasteiger partial charge in [0.2, 0.25) is 5.69 Å². The van der Waals surface area contributed by atoms with Crippen molar-refractivity contribution >= 4 is 40.4 Å². The van der Waals surface area contributed by atoms with Gasteiger partial charge in [0.25, 0.3) is 0 Å². The number of carboxylic acids is 2. The van der Waals surface area contributed by atoms with Crippen molar-refractivity contribution in [3.8, 4) is 0 Å². The summed E-state index contributed by atoms with van der Waals surface area (Å²) in [5.74, 6) is -1.85. The fourth-order valence-corrected chi connectivity index (χ4v) is 6.87. The van der Waals surface area contributed by atoms with Gasteiger partial charge in [0.1, 0.15) is 7.05 Å². The quantitative estimate of drug-likeness (QED) is 0.190. The third-order valence-electron chi connectivity index (χ3n) is 9.47. The summed E-state index contributed by atoms with van der Waals surface area (Å²) in [6.45, 7) is 0. The van der Waals surface area contributed by atoms with Crippen molar-refractivity contribution in [2.24, 2.45) is 0 Å². The SMILES string of the molecule is CN1/C(=C/C=C2\CCC(/C=C/C3=[N+](C)c4cc(C(=O)O)ccc4C3)=C2N(c2ccccc2)c2ccccc2)Cc2ccc(C(=O)O)cc21. The predicted molar refractivity (Wildman–Crippen MR) is 190 cm³/mol. The van der Waals surface area contributed by atoms with E-state index in [-0.39, 0.29) is 11.1 Å². The largest absolute Gasteiger partial charge is 0.478 e. The van der Waals surface area contributed by atoms with E-state index in [4.69, 9.17) is 0 Å². The summed E-state index contributed by atoms with van der Waals surface area (Å²) in [5.41, 5.74) is 12.6. The second-order valence-corrected chi connectivity index (χ2v) is 12.3. The molecular formula is C41H36N3O4+. The van der Waals surface area contributed by atoms with Crippen molar-refractivity contribution in [3.05, 3.63) is 166 Å². The number of allylic oxidation sites excluding steroid dienone is 7. The monoisotopic (exact) mass is 634 g/mol. The molecule has 2 N–H and O–H groups in total. The summed E-state index contributed by atoms with van der Waals surface area (Å²) >= 11 is 0. The maximum Gasteiger partial charge on any atom is 0.335 e. The van der Waals surface area contributed by atoms with Gasteiger partial charge in [-0.15, -0.1) is 0 Å². The predicted octanol–water partition coefficient (Wildman–Crippen LogP) is 8.30. The van der Waals surface area contributed by atoms with E-state index in [1.165, 1.54) is 11.1 Å². The normalized spacial score (nSPS) is 17.2. The van der Waals surface area contributed by atoms with Crippen molar-refractivity contribution in [2.45, 2.75) is 25.7 Å². The molecule has 0 aromatic heterocycles. The van der Waals surface area contributed by atoms with E-state index in [1.807, 2.05) is 38.4 Å². The van der Waals surface area contributed by atoms with Crippen LogP contribution in [-0.2, 0) is 12.8 Å². The lowest BCUT2D eigenvalue weighted by Crippen LogP contribution is -2.17. The first-order valence-electron chi connectivity index (χ1n) is 16.1. The molecule has 0 fully saturated rings. The zero-order valence-electron chi connectivity index (χ0n) is 26.9. The number of benzene rings is 4. The van der Waals surface area contributed by atoms with Gasteiger partial charge in [0.15, 0.2) is 5.71 Å². The Morgan fingerprint density at radius 2 is 1.38 bits per heavy atom. The van der Waals surface area contributed by atoms with Crippen LogP contribution in [0.4, 0.5) is 22.7 Å². The molecule has 1 aliphatic carbocycles. The molecule has 0 saturated carbocycles. The smallest absolute Gasteiger partial charge is 0.335 e. The molecule has 0 unspecified atom stereocenters. The number of rotatable bonds is 8. The molecule has 3 aliphatic rings. The van der Waals surface area contributed by atoms with Gasteiger partial charge in [-0.3, -0.25) is 0 Å². The molecule has 0 radical (unpaired) electrons. The third-order valence-corrected chi connectivity index (χ3v) is 9.47. The molecule has 0 amide bonds. The van der Waals surface area contributed by atoms with Crippen LogP contribution in [0.5, 0.6) is 0 Å². The van der Waals surface area contributed by atoms with Gasteiger partial charge in [-0.25, -0.2) is 9.59 Å². The number of nitrogens with zero attached hydrogens (tertiary/aromatic N) is 3. The Morgan fingerprint density at radius 3 is 2.02 bits per heavy atom. The minimum absolute atomic E-state index is 0.287. The molecule has 0 bridgehead atoms. The fraction of sp³-hybridized carbons (Fsp3) is 0.146. The molecule has 4 aromatic carbocycles. The van der Waals surface area contributed by atoms with Gasteiger partial charge in [-0.2, -0.15) is 4.58 Å². The van der Waals surface area contributed by atoms with Gasteiger partial charge < -0.3 is 20.0 Å². The van der Waals surface area contributed by atoms with Crippen LogP contribution in [-0.4, -0.2) is 46.5 Å². The zero-order valence-corrected chi connectivity index (χ0v) is 26.9.